The van der Waals surface area contributed by atoms with Gasteiger partial charge in [0.2, 0.25) is 0 Å². The summed E-state index contributed by atoms with van der Waals surface area (Å²) in [5.74, 6) is 0.771. The molecular formula is C13H17BrClNO. The lowest BCUT2D eigenvalue weighted by atomic mass is 10.2. The molecule has 94 valence electrons. The zero-order valence-electron chi connectivity index (χ0n) is 9.96. The van der Waals surface area contributed by atoms with Crippen molar-refractivity contribution < 1.29 is 4.79 Å². The molecule has 1 amide bonds. The molecule has 0 aliphatic rings. The third-order valence-corrected chi connectivity index (χ3v) is 3.36. The van der Waals surface area contributed by atoms with Crippen molar-refractivity contribution in [1.82, 2.24) is 4.90 Å². The molecule has 1 aromatic carbocycles. The zero-order valence-corrected chi connectivity index (χ0v) is 12.3. The van der Waals surface area contributed by atoms with E-state index in [1.165, 1.54) is 0 Å². The minimum atomic E-state index is 0.0726. The highest BCUT2D eigenvalue weighted by molar-refractivity contribution is 9.10. The van der Waals surface area contributed by atoms with Crippen LogP contribution in [-0.2, 0) is 0 Å². The van der Waals surface area contributed by atoms with Gasteiger partial charge in [0.1, 0.15) is 0 Å². The topological polar surface area (TPSA) is 20.3 Å². The van der Waals surface area contributed by atoms with E-state index in [2.05, 4.69) is 15.9 Å². The van der Waals surface area contributed by atoms with Gasteiger partial charge in [-0.1, -0.05) is 22.4 Å². The fraction of sp³-hybridized carbons (Fsp3) is 0.462. The number of alkyl halides is 1. The molecule has 4 heteroatoms. The van der Waals surface area contributed by atoms with E-state index in [1.54, 1.807) is 4.90 Å². The summed E-state index contributed by atoms with van der Waals surface area (Å²) in [7, 11) is 1.84. The second-order valence-corrected chi connectivity index (χ2v) is 5.28. The zero-order chi connectivity index (χ0) is 12.7. The molecule has 17 heavy (non-hydrogen) atoms. The van der Waals surface area contributed by atoms with Crippen LogP contribution in [0.25, 0.3) is 0 Å². The number of carbonyl (C=O) groups excluding carboxylic acids is 1. The molecule has 0 bridgehead atoms. The van der Waals surface area contributed by atoms with Gasteiger partial charge in [0, 0.05) is 29.5 Å². The predicted molar refractivity (Wildman–Crippen MR) is 75.7 cm³/mol. The summed E-state index contributed by atoms with van der Waals surface area (Å²) < 4.78 is 0.985. The quantitative estimate of drug-likeness (QED) is 0.575. The van der Waals surface area contributed by atoms with Crippen LogP contribution in [0.3, 0.4) is 0 Å². The molecule has 0 aromatic heterocycles. The second kappa shape index (κ2) is 7.72. The summed E-state index contributed by atoms with van der Waals surface area (Å²) in [6.07, 6.45) is 3.09. The van der Waals surface area contributed by atoms with E-state index in [1.807, 2.05) is 31.3 Å². The van der Waals surface area contributed by atoms with Gasteiger partial charge in [-0.05, 0) is 37.1 Å². The summed E-state index contributed by atoms with van der Waals surface area (Å²) in [6.45, 7) is 0.784. The molecule has 0 spiro atoms. The van der Waals surface area contributed by atoms with Gasteiger partial charge in [0.05, 0.1) is 0 Å². The Morgan fingerprint density at radius 1 is 1.24 bits per heavy atom. The van der Waals surface area contributed by atoms with E-state index in [0.717, 1.165) is 35.8 Å². The first kappa shape index (κ1) is 14.5. The van der Waals surface area contributed by atoms with Crippen molar-refractivity contribution in [2.75, 3.05) is 19.5 Å². The Morgan fingerprint density at radius 2 is 1.88 bits per heavy atom. The summed E-state index contributed by atoms with van der Waals surface area (Å²) in [5.41, 5.74) is 0.730. The van der Waals surface area contributed by atoms with Gasteiger partial charge in [0.15, 0.2) is 0 Å². The van der Waals surface area contributed by atoms with Gasteiger partial charge in [-0.15, -0.1) is 11.6 Å². The van der Waals surface area contributed by atoms with Crippen LogP contribution in [0.5, 0.6) is 0 Å². The first-order valence-corrected chi connectivity index (χ1v) is 7.05. The maximum Gasteiger partial charge on any atom is 0.253 e. The van der Waals surface area contributed by atoms with Crippen LogP contribution in [0.1, 0.15) is 29.6 Å². The van der Waals surface area contributed by atoms with E-state index < -0.39 is 0 Å². The van der Waals surface area contributed by atoms with Crippen LogP contribution >= 0.6 is 27.5 Å². The highest BCUT2D eigenvalue weighted by Gasteiger charge is 2.10. The van der Waals surface area contributed by atoms with Gasteiger partial charge in [0.25, 0.3) is 5.91 Å². The van der Waals surface area contributed by atoms with Gasteiger partial charge >= 0.3 is 0 Å². The molecule has 0 fully saturated rings. The average Bonchev–Trinajstić information content (AvgIpc) is 2.34. The number of hydrogen-bond donors (Lipinski definition) is 0. The normalized spacial score (nSPS) is 10.3. The van der Waals surface area contributed by atoms with E-state index in [0.29, 0.717) is 5.88 Å². The maximum absolute atomic E-state index is 12.0. The number of rotatable bonds is 6. The van der Waals surface area contributed by atoms with Crippen molar-refractivity contribution in [3.63, 3.8) is 0 Å². The van der Waals surface area contributed by atoms with Crippen LogP contribution in [0.2, 0.25) is 0 Å². The number of unbranched alkanes of at least 4 members (excludes halogenated alkanes) is 2. The van der Waals surface area contributed by atoms with E-state index in [9.17, 15) is 4.79 Å². The fourth-order valence-corrected chi connectivity index (χ4v) is 1.99. The average molecular weight is 319 g/mol. The summed E-state index contributed by atoms with van der Waals surface area (Å²) in [4.78, 5) is 13.8. The minimum Gasteiger partial charge on any atom is -0.342 e. The molecule has 1 rings (SSSR count). The van der Waals surface area contributed by atoms with Crippen molar-refractivity contribution in [1.29, 1.82) is 0 Å². The molecule has 2 nitrogen and oxygen atoms in total. The smallest absolute Gasteiger partial charge is 0.253 e. The molecule has 1 aromatic rings. The molecule has 0 atom stereocenters. The summed E-state index contributed by atoms with van der Waals surface area (Å²) in [5, 5.41) is 0. The van der Waals surface area contributed by atoms with Crippen molar-refractivity contribution in [3.8, 4) is 0 Å². The van der Waals surface area contributed by atoms with E-state index in [4.69, 9.17) is 11.6 Å². The highest BCUT2D eigenvalue weighted by atomic mass is 79.9. The van der Waals surface area contributed by atoms with Crippen molar-refractivity contribution >= 4 is 33.4 Å². The SMILES string of the molecule is CN(CCCCCCl)C(=O)c1ccc(Br)cc1. The molecule has 0 heterocycles. The molecule has 0 unspecified atom stereocenters. The first-order valence-electron chi connectivity index (χ1n) is 5.72. The van der Waals surface area contributed by atoms with Crippen LogP contribution in [0, 0.1) is 0 Å². The number of amides is 1. The number of nitrogens with zero attached hydrogens (tertiary/aromatic N) is 1. The van der Waals surface area contributed by atoms with Gasteiger partial charge in [-0.3, -0.25) is 4.79 Å². The number of hydrogen-bond acceptors (Lipinski definition) is 1. The lowest BCUT2D eigenvalue weighted by Gasteiger charge is -2.17. The van der Waals surface area contributed by atoms with E-state index >= 15 is 0 Å². The van der Waals surface area contributed by atoms with E-state index in [-0.39, 0.29) is 5.91 Å². The second-order valence-electron chi connectivity index (χ2n) is 3.98. The highest BCUT2D eigenvalue weighted by Crippen LogP contribution is 2.12. The third-order valence-electron chi connectivity index (χ3n) is 2.57. The number of benzene rings is 1. The Labute approximate surface area is 116 Å². The maximum atomic E-state index is 12.0. The number of carbonyl (C=O) groups is 1. The molecule has 0 aliphatic carbocycles. The molecule has 0 aliphatic heterocycles. The van der Waals surface area contributed by atoms with Gasteiger partial charge < -0.3 is 4.90 Å². The Hall–Kier alpha value is -0.540. The van der Waals surface area contributed by atoms with Crippen molar-refractivity contribution in [2.24, 2.45) is 0 Å². The Morgan fingerprint density at radius 3 is 2.47 bits per heavy atom. The summed E-state index contributed by atoms with van der Waals surface area (Å²) in [6, 6.07) is 7.44. The lowest BCUT2D eigenvalue weighted by Crippen LogP contribution is -2.27. The summed E-state index contributed by atoms with van der Waals surface area (Å²) >= 11 is 8.96. The first-order chi connectivity index (χ1) is 8.15. The van der Waals surface area contributed by atoms with Crippen LogP contribution in [-0.4, -0.2) is 30.3 Å². The molecule has 0 saturated heterocycles. The minimum absolute atomic E-state index is 0.0726. The largest absolute Gasteiger partial charge is 0.342 e. The van der Waals surface area contributed by atoms with Crippen molar-refractivity contribution in [2.45, 2.75) is 19.3 Å². The van der Waals surface area contributed by atoms with Gasteiger partial charge in [-0.25, -0.2) is 0 Å². The Balaban J connectivity index is 2.43. The van der Waals surface area contributed by atoms with Gasteiger partial charge in [-0.2, -0.15) is 0 Å². The third kappa shape index (κ3) is 5.09. The molecule has 0 saturated carbocycles. The molecule has 0 N–H and O–H groups in total. The molecular weight excluding hydrogens is 302 g/mol. The number of halogens is 2. The standard InChI is InChI=1S/C13H17BrClNO/c1-16(10-4-2-3-9-15)13(17)11-5-7-12(14)8-6-11/h5-8H,2-4,9-10H2,1H3. The Bertz CT molecular complexity index is 353. The Kier molecular flexibility index (Phi) is 6.60. The molecule has 0 radical (unpaired) electrons. The lowest BCUT2D eigenvalue weighted by molar-refractivity contribution is 0.0792. The fourth-order valence-electron chi connectivity index (χ4n) is 1.53. The monoisotopic (exact) mass is 317 g/mol. The van der Waals surface area contributed by atoms with Crippen molar-refractivity contribution in [3.05, 3.63) is 34.3 Å². The predicted octanol–water partition coefficient (Wildman–Crippen LogP) is 3.93. The van der Waals surface area contributed by atoms with Crippen LogP contribution < -0.4 is 0 Å². The van der Waals surface area contributed by atoms with Crippen LogP contribution in [0.4, 0.5) is 0 Å². The van der Waals surface area contributed by atoms with Crippen LogP contribution in [0.15, 0.2) is 28.7 Å².